The van der Waals surface area contributed by atoms with E-state index in [0.29, 0.717) is 11.3 Å². The molecule has 0 aliphatic heterocycles. The maximum absolute atomic E-state index is 12.0. The molecular formula is C13H17BrN2OS. The molecule has 0 saturated carbocycles. The SMILES string of the molecule is CCCC(C)C(=O)Nc1cc(Br)ccc1C(N)=S. The number of carbonyl (C=O) groups is 1. The number of anilines is 1. The third-order valence-corrected chi connectivity index (χ3v) is 3.39. The van der Waals surface area contributed by atoms with Crippen LogP contribution in [0, 0.1) is 5.92 Å². The number of amides is 1. The van der Waals surface area contributed by atoms with Gasteiger partial charge in [-0.25, -0.2) is 0 Å². The molecule has 1 rings (SSSR count). The van der Waals surface area contributed by atoms with Crippen molar-refractivity contribution in [2.24, 2.45) is 11.7 Å². The molecule has 5 heteroatoms. The Hall–Kier alpha value is -0.940. The van der Waals surface area contributed by atoms with Crippen molar-refractivity contribution < 1.29 is 4.79 Å². The zero-order chi connectivity index (χ0) is 13.7. The molecule has 0 aromatic heterocycles. The van der Waals surface area contributed by atoms with Crippen molar-refractivity contribution in [1.29, 1.82) is 0 Å². The third kappa shape index (κ3) is 4.07. The van der Waals surface area contributed by atoms with Crippen LogP contribution in [0.25, 0.3) is 0 Å². The Labute approximate surface area is 121 Å². The second-order valence-electron chi connectivity index (χ2n) is 4.23. The first kappa shape index (κ1) is 15.1. The number of hydrogen-bond donors (Lipinski definition) is 2. The first-order valence-electron chi connectivity index (χ1n) is 5.86. The normalized spacial score (nSPS) is 11.9. The van der Waals surface area contributed by atoms with Gasteiger partial charge in [-0.3, -0.25) is 4.79 Å². The minimum atomic E-state index is -0.0202. The molecule has 0 radical (unpaired) electrons. The minimum absolute atomic E-state index is 0.00699. The number of carbonyl (C=O) groups excluding carboxylic acids is 1. The van der Waals surface area contributed by atoms with Gasteiger partial charge in [-0.05, 0) is 24.6 Å². The predicted molar refractivity (Wildman–Crippen MR) is 82.7 cm³/mol. The molecule has 1 unspecified atom stereocenters. The third-order valence-electron chi connectivity index (χ3n) is 2.67. The van der Waals surface area contributed by atoms with Crippen LogP contribution in [-0.2, 0) is 4.79 Å². The summed E-state index contributed by atoms with van der Waals surface area (Å²) in [5, 5.41) is 2.88. The second kappa shape index (κ2) is 6.85. The van der Waals surface area contributed by atoms with Crippen LogP contribution in [-0.4, -0.2) is 10.9 Å². The highest BCUT2D eigenvalue weighted by Crippen LogP contribution is 2.22. The Balaban J connectivity index is 2.92. The van der Waals surface area contributed by atoms with Gasteiger partial charge in [0.2, 0.25) is 5.91 Å². The van der Waals surface area contributed by atoms with E-state index in [2.05, 4.69) is 28.2 Å². The molecular weight excluding hydrogens is 312 g/mol. The summed E-state index contributed by atoms with van der Waals surface area (Å²) in [5.41, 5.74) is 6.98. The van der Waals surface area contributed by atoms with Crippen molar-refractivity contribution in [2.75, 3.05) is 5.32 Å². The van der Waals surface area contributed by atoms with Crippen molar-refractivity contribution in [3.63, 3.8) is 0 Å². The zero-order valence-corrected chi connectivity index (χ0v) is 12.9. The van der Waals surface area contributed by atoms with Crippen LogP contribution in [0.3, 0.4) is 0 Å². The van der Waals surface area contributed by atoms with Gasteiger partial charge >= 0.3 is 0 Å². The Morgan fingerprint density at radius 3 is 2.78 bits per heavy atom. The number of thiocarbonyl (C=S) groups is 1. The van der Waals surface area contributed by atoms with E-state index in [9.17, 15) is 4.79 Å². The molecule has 1 aromatic carbocycles. The van der Waals surface area contributed by atoms with Gasteiger partial charge in [0.1, 0.15) is 4.99 Å². The van der Waals surface area contributed by atoms with Crippen LogP contribution in [0.4, 0.5) is 5.69 Å². The highest BCUT2D eigenvalue weighted by atomic mass is 79.9. The van der Waals surface area contributed by atoms with E-state index >= 15 is 0 Å². The van der Waals surface area contributed by atoms with Crippen LogP contribution >= 0.6 is 28.1 Å². The fraction of sp³-hybridized carbons (Fsp3) is 0.385. The van der Waals surface area contributed by atoms with E-state index in [0.717, 1.165) is 17.3 Å². The maximum atomic E-state index is 12.0. The molecule has 98 valence electrons. The summed E-state index contributed by atoms with van der Waals surface area (Å²) in [4.78, 5) is 12.3. The quantitative estimate of drug-likeness (QED) is 0.814. The molecule has 0 spiro atoms. The number of nitrogens with one attached hydrogen (secondary N) is 1. The summed E-state index contributed by atoms with van der Waals surface area (Å²) >= 11 is 8.34. The van der Waals surface area contributed by atoms with Crippen LogP contribution < -0.4 is 11.1 Å². The summed E-state index contributed by atoms with van der Waals surface area (Å²) in [6, 6.07) is 5.46. The summed E-state index contributed by atoms with van der Waals surface area (Å²) in [7, 11) is 0. The summed E-state index contributed by atoms with van der Waals surface area (Å²) in [5.74, 6) is -0.0272. The molecule has 1 atom stereocenters. The van der Waals surface area contributed by atoms with Gasteiger partial charge in [-0.15, -0.1) is 0 Å². The smallest absolute Gasteiger partial charge is 0.227 e. The number of rotatable bonds is 5. The van der Waals surface area contributed by atoms with Crippen molar-refractivity contribution >= 4 is 44.7 Å². The average molecular weight is 329 g/mol. The molecule has 0 aliphatic rings. The van der Waals surface area contributed by atoms with Crippen molar-refractivity contribution in [2.45, 2.75) is 26.7 Å². The molecule has 3 nitrogen and oxygen atoms in total. The summed E-state index contributed by atoms with van der Waals surface area (Å²) in [6.45, 7) is 3.97. The van der Waals surface area contributed by atoms with E-state index in [4.69, 9.17) is 18.0 Å². The molecule has 0 heterocycles. The van der Waals surface area contributed by atoms with E-state index in [-0.39, 0.29) is 16.8 Å². The largest absolute Gasteiger partial charge is 0.389 e. The van der Waals surface area contributed by atoms with Gasteiger partial charge < -0.3 is 11.1 Å². The van der Waals surface area contributed by atoms with E-state index < -0.39 is 0 Å². The van der Waals surface area contributed by atoms with E-state index in [1.54, 1.807) is 6.07 Å². The molecule has 0 saturated heterocycles. The molecule has 1 aromatic rings. The zero-order valence-electron chi connectivity index (χ0n) is 10.5. The fourth-order valence-corrected chi connectivity index (χ4v) is 2.19. The van der Waals surface area contributed by atoms with E-state index in [1.807, 2.05) is 19.1 Å². The number of nitrogens with two attached hydrogens (primary N) is 1. The Morgan fingerprint density at radius 2 is 2.22 bits per heavy atom. The average Bonchev–Trinajstić information content (AvgIpc) is 2.28. The standard InChI is InChI=1S/C13H17BrN2OS/c1-3-4-8(2)13(17)16-11-7-9(14)5-6-10(11)12(15)18/h5-8H,3-4H2,1-2H3,(H2,15,18)(H,16,17). The minimum Gasteiger partial charge on any atom is -0.389 e. The predicted octanol–water partition coefficient (Wildman–Crippen LogP) is 3.46. The molecule has 0 bridgehead atoms. The van der Waals surface area contributed by atoms with Crippen molar-refractivity contribution in [1.82, 2.24) is 0 Å². The number of benzene rings is 1. The summed E-state index contributed by atoms with van der Waals surface area (Å²) < 4.78 is 0.876. The first-order chi connectivity index (χ1) is 8.45. The molecule has 0 aliphatic carbocycles. The molecule has 18 heavy (non-hydrogen) atoms. The van der Waals surface area contributed by atoms with Crippen molar-refractivity contribution in [3.05, 3.63) is 28.2 Å². The monoisotopic (exact) mass is 328 g/mol. The van der Waals surface area contributed by atoms with Gasteiger partial charge in [0, 0.05) is 16.0 Å². The lowest BCUT2D eigenvalue weighted by atomic mass is 10.0. The van der Waals surface area contributed by atoms with Gasteiger partial charge in [0.15, 0.2) is 0 Å². The van der Waals surface area contributed by atoms with Gasteiger partial charge in [0.05, 0.1) is 5.69 Å². The highest BCUT2D eigenvalue weighted by Gasteiger charge is 2.14. The second-order valence-corrected chi connectivity index (χ2v) is 5.59. The molecule has 3 N–H and O–H groups in total. The Morgan fingerprint density at radius 1 is 1.56 bits per heavy atom. The van der Waals surface area contributed by atoms with Crippen LogP contribution in [0.2, 0.25) is 0 Å². The lowest BCUT2D eigenvalue weighted by Crippen LogP contribution is -2.22. The molecule has 1 amide bonds. The lowest BCUT2D eigenvalue weighted by Gasteiger charge is -2.14. The highest BCUT2D eigenvalue weighted by molar-refractivity contribution is 9.10. The van der Waals surface area contributed by atoms with Crippen LogP contribution in [0.1, 0.15) is 32.3 Å². The molecule has 0 fully saturated rings. The first-order valence-corrected chi connectivity index (χ1v) is 7.06. The van der Waals surface area contributed by atoms with Gasteiger partial charge in [-0.1, -0.05) is 48.4 Å². The van der Waals surface area contributed by atoms with E-state index in [1.165, 1.54) is 0 Å². The fourth-order valence-electron chi connectivity index (χ4n) is 1.65. The van der Waals surface area contributed by atoms with Gasteiger partial charge in [-0.2, -0.15) is 0 Å². The van der Waals surface area contributed by atoms with Crippen LogP contribution in [0.15, 0.2) is 22.7 Å². The Kier molecular flexibility index (Phi) is 5.75. The van der Waals surface area contributed by atoms with Crippen molar-refractivity contribution in [3.8, 4) is 0 Å². The lowest BCUT2D eigenvalue weighted by molar-refractivity contribution is -0.119. The van der Waals surface area contributed by atoms with Gasteiger partial charge in [0.25, 0.3) is 0 Å². The topological polar surface area (TPSA) is 55.1 Å². The summed E-state index contributed by atoms with van der Waals surface area (Å²) in [6.07, 6.45) is 1.84. The Bertz CT molecular complexity index is 462. The number of halogens is 1. The maximum Gasteiger partial charge on any atom is 0.227 e. The number of hydrogen-bond acceptors (Lipinski definition) is 2. The van der Waals surface area contributed by atoms with Crippen LogP contribution in [0.5, 0.6) is 0 Å².